The molecule has 1 atom stereocenters. The highest BCUT2D eigenvalue weighted by molar-refractivity contribution is 7.89. The van der Waals surface area contributed by atoms with Gasteiger partial charge in [0.25, 0.3) is 0 Å². The largest absolute Gasteiger partial charge is 0.349 e. The van der Waals surface area contributed by atoms with E-state index in [-0.39, 0.29) is 17.9 Å². The highest BCUT2D eigenvalue weighted by atomic mass is 32.2. The lowest BCUT2D eigenvalue weighted by atomic mass is 9.97. The van der Waals surface area contributed by atoms with Crippen LogP contribution in [0.4, 0.5) is 0 Å². The van der Waals surface area contributed by atoms with Gasteiger partial charge in [-0.05, 0) is 36.4 Å². The number of piperidine rings is 1. The monoisotopic (exact) mass is 422 g/mol. The van der Waals surface area contributed by atoms with Crippen LogP contribution in [-0.2, 0) is 14.8 Å². The fourth-order valence-electron chi connectivity index (χ4n) is 3.53. The number of quaternary nitrogens is 1. The molecule has 6 nitrogen and oxygen atoms in total. The summed E-state index contributed by atoms with van der Waals surface area (Å²) in [6, 6.07) is 12.8. The van der Waals surface area contributed by atoms with Crippen LogP contribution in [0.15, 0.2) is 52.7 Å². The standard InChI is InChI=1S/C20H27N3O3S2/c1-22(2)18(19-9-6-14-27-19)15-21-20(24)16-10-12-23(13-11-16)28(25,26)17-7-4-3-5-8-17/h3-9,14,16,18H,10-13,15H2,1-2H3,(H,21,24)/p+1/t18-/m0/s1. The molecule has 2 heterocycles. The maximum atomic E-state index is 12.7. The lowest BCUT2D eigenvalue weighted by Crippen LogP contribution is -3.06. The van der Waals surface area contributed by atoms with Crippen LogP contribution in [0.3, 0.4) is 0 Å². The van der Waals surface area contributed by atoms with Crippen LogP contribution in [0.25, 0.3) is 0 Å². The summed E-state index contributed by atoms with van der Waals surface area (Å²) in [6.45, 7) is 1.34. The number of hydrogen-bond donors (Lipinski definition) is 2. The zero-order valence-electron chi connectivity index (χ0n) is 16.3. The van der Waals surface area contributed by atoms with Crippen molar-refractivity contribution in [3.05, 3.63) is 52.7 Å². The van der Waals surface area contributed by atoms with Crippen LogP contribution in [0.2, 0.25) is 0 Å². The molecule has 28 heavy (non-hydrogen) atoms. The molecule has 1 amide bonds. The second-order valence-corrected chi connectivity index (χ2v) is 10.3. The number of benzene rings is 1. The Balaban J connectivity index is 1.54. The Hall–Kier alpha value is -1.74. The van der Waals surface area contributed by atoms with Crippen LogP contribution >= 0.6 is 11.3 Å². The van der Waals surface area contributed by atoms with Crippen LogP contribution in [0.1, 0.15) is 23.8 Å². The molecule has 152 valence electrons. The van der Waals surface area contributed by atoms with E-state index < -0.39 is 10.0 Å². The maximum Gasteiger partial charge on any atom is 0.243 e. The molecule has 2 aromatic rings. The zero-order valence-corrected chi connectivity index (χ0v) is 17.9. The summed E-state index contributed by atoms with van der Waals surface area (Å²) >= 11 is 1.70. The van der Waals surface area contributed by atoms with Gasteiger partial charge in [0.1, 0.15) is 6.04 Å². The van der Waals surface area contributed by atoms with Gasteiger partial charge in [-0.1, -0.05) is 24.3 Å². The Morgan fingerprint density at radius 3 is 2.43 bits per heavy atom. The molecule has 0 bridgehead atoms. The third-order valence-corrected chi connectivity index (χ3v) is 8.17. The molecule has 1 saturated heterocycles. The summed E-state index contributed by atoms with van der Waals surface area (Å²) < 4.78 is 26.9. The highest BCUT2D eigenvalue weighted by Gasteiger charge is 2.32. The molecule has 0 spiro atoms. The number of amides is 1. The van der Waals surface area contributed by atoms with Crippen molar-refractivity contribution >= 4 is 27.3 Å². The van der Waals surface area contributed by atoms with E-state index in [1.54, 1.807) is 41.7 Å². The molecule has 1 aliphatic rings. The Morgan fingerprint density at radius 2 is 1.86 bits per heavy atom. The highest BCUT2D eigenvalue weighted by Crippen LogP contribution is 2.24. The van der Waals surface area contributed by atoms with E-state index in [2.05, 4.69) is 30.9 Å². The number of rotatable bonds is 7. The third-order valence-electron chi connectivity index (χ3n) is 5.27. The first kappa shape index (κ1) is 21.0. The molecule has 2 N–H and O–H groups in total. The molecule has 1 fully saturated rings. The minimum atomic E-state index is -3.48. The van der Waals surface area contributed by atoms with Crippen molar-refractivity contribution in [3.8, 4) is 0 Å². The first-order chi connectivity index (χ1) is 13.4. The van der Waals surface area contributed by atoms with Gasteiger partial charge < -0.3 is 10.2 Å². The first-order valence-corrected chi connectivity index (χ1v) is 11.9. The molecule has 0 aliphatic carbocycles. The molecule has 1 aliphatic heterocycles. The van der Waals surface area contributed by atoms with E-state index in [0.717, 1.165) is 0 Å². The SMILES string of the molecule is C[NH+](C)[C@@H](CNC(=O)C1CCN(S(=O)(=O)c2ccccc2)CC1)c1cccs1. The minimum Gasteiger partial charge on any atom is -0.349 e. The van der Waals surface area contributed by atoms with Crippen molar-refractivity contribution < 1.29 is 18.1 Å². The number of thiophene rings is 1. The van der Waals surface area contributed by atoms with Gasteiger partial charge in [0.2, 0.25) is 15.9 Å². The fourth-order valence-corrected chi connectivity index (χ4v) is 5.97. The van der Waals surface area contributed by atoms with Crippen LogP contribution < -0.4 is 10.2 Å². The molecule has 1 aromatic heterocycles. The number of nitrogens with one attached hydrogen (secondary N) is 2. The average Bonchev–Trinajstić information content (AvgIpc) is 3.23. The minimum absolute atomic E-state index is 0.0274. The predicted octanol–water partition coefficient (Wildman–Crippen LogP) is 1.15. The quantitative estimate of drug-likeness (QED) is 0.703. The summed E-state index contributed by atoms with van der Waals surface area (Å²) in [5.41, 5.74) is 0. The Bertz CT molecular complexity index is 859. The maximum absolute atomic E-state index is 12.7. The Morgan fingerprint density at radius 1 is 1.18 bits per heavy atom. The van der Waals surface area contributed by atoms with Gasteiger partial charge in [-0.2, -0.15) is 4.31 Å². The summed E-state index contributed by atoms with van der Waals surface area (Å²) in [7, 11) is 0.695. The van der Waals surface area contributed by atoms with E-state index >= 15 is 0 Å². The van der Waals surface area contributed by atoms with Crippen molar-refractivity contribution in [2.24, 2.45) is 5.92 Å². The van der Waals surface area contributed by atoms with Gasteiger partial charge in [0.05, 0.1) is 30.4 Å². The third kappa shape index (κ3) is 4.81. The molecular formula is C20H28N3O3S2+. The van der Waals surface area contributed by atoms with Crippen molar-refractivity contribution in [1.29, 1.82) is 0 Å². The van der Waals surface area contributed by atoms with E-state index in [1.807, 2.05) is 6.07 Å². The summed E-state index contributed by atoms with van der Waals surface area (Å²) in [6.07, 6.45) is 1.10. The van der Waals surface area contributed by atoms with E-state index in [1.165, 1.54) is 14.1 Å². The van der Waals surface area contributed by atoms with Gasteiger partial charge >= 0.3 is 0 Å². The lowest BCUT2D eigenvalue weighted by Gasteiger charge is -2.31. The Labute approximate surface area is 171 Å². The second-order valence-electron chi connectivity index (χ2n) is 7.38. The van der Waals surface area contributed by atoms with Crippen molar-refractivity contribution in [3.63, 3.8) is 0 Å². The molecule has 0 unspecified atom stereocenters. The lowest BCUT2D eigenvalue weighted by molar-refractivity contribution is -0.890. The van der Waals surface area contributed by atoms with Crippen LogP contribution in [-0.4, -0.2) is 52.4 Å². The first-order valence-electron chi connectivity index (χ1n) is 9.56. The Kier molecular flexibility index (Phi) is 6.87. The molecule has 1 aromatic carbocycles. The summed E-state index contributed by atoms with van der Waals surface area (Å²) in [5, 5.41) is 5.14. The van der Waals surface area contributed by atoms with Crippen molar-refractivity contribution in [2.75, 3.05) is 33.7 Å². The molecule has 0 radical (unpaired) electrons. The number of carbonyl (C=O) groups excluding carboxylic acids is 1. The molecule has 0 saturated carbocycles. The molecule has 3 rings (SSSR count). The molecule has 8 heteroatoms. The van der Waals surface area contributed by atoms with Crippen molar-refractivity contribution in [1.82, 2.24) is 9.62 Å². The number of hydrogen-bond acceptors (Lipinski definition) is 4. The van der Waals surface area contributed by atoms with Crippen LogP contribution in [0.5, 0.6) is 0 Å². The van der Waals surface area contributed by atoms with Gasteiger partial charge in [-0.15, -0.1) is 11.3 Å². The number of sulfonamides is 1. The van der Waals surface area contributed by atoms with Gasteiger partial charge in [-0.3, -0.25) is 4.79 Å². The number of carbonyl (C=O) groups is 1. The number of nitrogens with zero attached hydrogens (tertiary/aromatic N) is 1. The van der Waals surface area contributed by atoms with E-state index in [0.29, 0.717) is 37.4 Å². The topological polar surface area (TPSA) is 70.9 Å². The normalized spacial score (nSPS) is 17.5. The van der Waals surface area contributed by atoms with Crippen LogP contribution in [0, 0.1) is 5.92 Å². The van der Waals surface area contributed by atoms with E-state index in [4.69, 9.17) is 0 Å². The van der Waals surface area contributed by atoms with E-state index in [9.17, 15) is 13.2 Å². The fraction of sp³-hybridized carbons (Fsp3) is 0.450. The van der Waals surface area contributed by atoms with Gasteiger partial charge in [0, 0.05) is 19.0 Å². The predicted molar refractivity (Wildman–Crippen MR) is 111 cm³/mol. The second kappa shape index (κ2) is 9.17. The average molecular weight is 423 g/mol. The van der Waals surface area contributed by atoms with Gasteiger partial charge in [-0.25, -0.2) is 8.42 Å². The van der Waals surface area contributed by atoms with Crippen molar-refractivity contribution in [2.45, 2.75) is 23.8 Å². The summed E-state index contributed by atoms with van der Waals surface area (Å²) in [4.78, 5) is 15.5. The zero-order chi connectivity index (χ0) is 20.1. The summed E-state index contributed by atoms with van der Waals surface area (Å²) in [5.74, 6) is -0.108. The number of likely N-dealkylation sites (N-methyl/N-ethyl adjacent to an activating group) is 1. The molecular weight excluding hydrogens is 394 g/mol. The smallest absolute Gasteiger partial charge is 0.243 e. The van der Waals surface area contributed by atoms with Gasteiger partial charge in [0.15, 0.2) is 0 Å².